The lowest BCUT2D eigenvalue weighted by atomic mass is 9.69. The van der Waals surface area contributed by atoms with Crippen molar-refractivity contribution >= 4 is 41.0 Å². The Balaban J connectivity index is 1.31. The number of nitrogens with zero attached hydrogens (tertiary/aromatic N) is 1. The molecule has 2 aliphatic carbocycles. The third-order valence-corrected chi connectivity index (χ3v) is 8.88. The third-order valence-electron chi connectivity index (χ3n) is 8.46. The molecule has 2 aliphatic rings. The first-order valence-corrected chi connectivity index (χ1v) is 14.5. The van der Waals surface area contributed by atoms with E-state index in [0.29, 0.717) is 17.2 Å². The van der Waals surface area contributed by atoms with Crippen LogP contribution in [0.25, 0.3) is 23.3 Å². The van der Waals surface area contributed by atoms with Gasteiger partial charge in [0, 0.05) is 30.8 Å². The smallest absolute Gasteiger partial charge is 0.173 e. The largest absolute Gasteiger partial charge is 0.358 e. The van der Waals surface area contributed by atoms with Crippen LogP contribution in [0.2, 0.25) is 0 Å². The van der Waals surface area contributed by atoms with E-state index in [9.17, 15) is 9.18 Å². The molecule has 0 heterocycles. The molecule has 6 rings (SSSR count). The molecule has 0 saturated carbocycles. The maximum absolute atomic E-state index is 13.5. The minimum atomic E-state index is -0.332. The SMILES string of the molecule is CN(C(=S)NCc1ccccc1)c1ccc2c(c1)CC=c1c-2ccc2c1=CC(C(=O)c1ccc(F)cc1)CC2(C)C. The zero-order chi connectivity index (χ0) is 28.7. The minimum absolute atomic E-state index is 0.0436. The van der Waals surface area contributed by atoms with E-state index in [1.807, 2.05) is 30.1 Å². The highest BCUT2D eigenvalue weighted by atomic mass is 32.1. The first-order chi connectivity index (χ1) is 19.7. The average molecular weight is 561 g/mol. The normalized spacial score (nSPS) is 16.2. The Bertz CT molecular complexity index is 1780. The summed E-state index contributed by atoms with van der Waals surface area (Å²) in [4.78, 5) is 15.5. The van der Waals surface area contributed by atoms with Crippen LogP contribution in [0.4, 0.5) is 10.1 Å². The lowest BCUT2D eigenvalue weighted by molar-refractivity contribution is 0.0933. The van der Waals surface area contributed by atoms with Crippen LogP contribution in [-0.4, -0.2) is 17.9 Å². The van der Waals surface area contributed by atoms with Gasteiger partial charge in [-0.15, -0.1) is 0 Å². The molecule has 0 aliphatic heterocycles. The van der Waals surface area contributed by atoms with Crippen LogP contribution in [0.1, 0.15) is 47.3 Å². The number of anilines is 1. The van der Waals surface area contributed by atoms with Crippen molar-refractivity contribution in [2.24, 2.45) is 5.92 Å². The molecule has 4 aromatic carbocycles. The standard InChI is InChI=1S/C36H33FN2OS/c1-36(2)21-26(34(40)24-9-12-27(37)13-10-24)20-32-31-15-11-25-19-28(14-16-29(25)30(31)17-18-33(32)36)39(3)35(41)38-22-23-7-5-4-6-8-23/h4-10,12-20,26H,11,21-22H2,1-3H3,(H,38,41). The van der Waals surface area contributed by atoms with Gasteiger partial charge in [0.1, 0.15) is 5.82 Å². The molecule has 0 amide bonds. The molecule has 0 spiro atoms. The zero-order valence-corrected chi connectivity index (χ0v) is 24.4. The zero-order valence-electron chi connectivity index (χ0n) is 23.6. The second-order valence-corrected chi connectivity index (χ2v) is 12.1. The number of Topliss-reactive ketones (excluding diaryl/α,β-unsaturated/α-hetero) is 1. The second kappa shape index (κ2) is 10.7. The Kier molecular flexibility index (Phi) is 7.08. The van der Waals surface area contributed by atoms with E-state index in [-0.39, 0.29) is 22.9 Å². The first-order valence-electron chi connectivity index (χ1n) is 14.1. The number of hydrogen-bond acceptors (Lipinski definition) is 2. The van der Waals surface area contributed by atoms with Gasteiger partial charge in [0.15, 0.2) is 10.9 Å². The van der Waals surface area contributed by atoms with Crippen molar-refractivity contribution in [3.63, 3.8) is 0 Å². The predicted molar refractivity (Wildman–Crippen MR) is 170 cm³/mol. The molecule has 1 unspecified atom stereocenters. The summed E-state index contributed by atoms with van der Waals surface area (Å²) in [5, 5.41) is 6.38. The van der Waals surface area contributed by atoms with E-state index < -0.39 is 0 Å². The molecular formula is C36H33FN2OS. The molecule has 1 atom stereocenters. The van der Waals surface area contributed by atoms with E-state index in [1.165, 1.54) is 45.2 Å². The monoisotopic (exact) mass is 560 g/mol. The fraction of sp³-hybridized carbons (Fsp3) is 0.222. The average Bonchev–Trinajstić information content (AvgIpc) is 2.99. The van der Waals surface area contributed by atoms with Gasteiger partial charge < -0.3 is 10.2 Å². The molecule has 0 saturated heterocycles. The van der Waals surface area contributed by atoms with Gasteiger partial charge in [-0.25, -0.2) is 4.39 Å². The summed E-state index contributed by atoms with van der Waals surface area (Å²) in [5.41, 5.74) is 7.54. The van der Waals surface area contributed by atoms with Crippen molar-refractivity contribution in [3.8, 4) is 11.1 Å². The van der Waals surface area contributed by atoms with Crippen LogP contribution in [0.3, 0.4) is 0 Å². The molecule has 5 heteroatoms. The second-order valence-electron chi connectivity index (χ2n) is 11.7. The van der Waals surface area contributed by atoms with Gasteiger partial charge in [-0.3, -0.25) is 4.79 Å². The number of benzene rings is 4. The molecule has 0 bridgehead atoms. The number of halogens is 1. The van der Waals surface area contributed by atoms with Crippen molar-refractivity contribution in [1.29, 1.82) is 0 Å². The van der Waals surface area contributed by atoms with Crippen LogP contribution >= 0.6 is 12.2 Å². The van der Waals surface area contributed by atoms with Gasteiger partial charge >= 0.3 is 0 Å². The number of nitrogens with one attached hydrogen (secondary N) is 1. The quantitative estimate of drug-likeness (QED) is 0.229. The van der Waals surface area contributed by atoms with Crippen molar-refractivity contribution < 1.29 is 9.18 Å². The highest BCUT2D eigenvalue weighted by Gasteiger charge is 2.34. The van der Waals surface area contributed by atoms with Gasteiger partial charge in [0.2, 0.25) is 0 Å². The van der Waals surface area contributed by atoms with Crippen molar-refractivity contribution in [1.82, 2.24) is 5.32 Å². The summed E-state index contributed by atoms with van der Waals surface area (Å²) in [6, 6.07) is 27.1. The van der Waals surface area contributed by atoms with Gasteiger partial charge in [0.05, 0.1) is 0 Å². The molecule has 206 valence electrons. The molecule has 41 heavy (non-hydrogen) atoms. The molecule has 1 N–H and O–H groups in total. The summed E-state index contributed by atoms with van der Waals surface area (Å²) >= 11 is 5.69. The van der Waals surface area contributed by atoms with Gasteiger partial charge in [-0.1, -0.05) is 74.5 Å². The lowest BCUT2D eigenvalue weighted by Gasteiger charge is -2.34. The van der Waals surface area contributed by atoms with Gasteiger partial charge in [-0.2, -0.15) is 0 Å². The van der Waals surface area contributed by atoms with E-state index in [2.05, 4.69) is 73.8 Å². The number of rotatable bonds is 5. The van der Waals surface area contributed by atoms with Crippen LogP contribution in [0.5, 0.6) is 0 Å². The molecule has 4 aromatic rings. The molecule has 0 fully saturated rings. The van der Waals surface area contributed by atoms with E-state index in [0.717, 1.165) is 23.7 Å². The maximum atomic E-state index is 13.5. The lowest BCUT2D eigenvalue weighted by Crippen LogP contribution is -2.43. The Labute approximate surface area is 246 Å². The fourth-order valence-electron chi connectivity index (χ4n) is 6.22. The molecule has 0 aromatic heterocycles. The molecule has 0 radical (unpaired) electrons. The minimum Gasteiger partial charge on any atom is -0.358 e. The Morgan fingerprint density at radius 1 is 0.976 bits per heavy atom. The van der Waals surface area contributed by atoms with Crippen LogP contribution < -0.4 is 20.7 Å². The van der Waals surface area contributed by atoms with Gasteiger partial charge in [-0.05, 0) is 105 Å². The Hall–Kier alpha value is -4.09. The van der Waals surface area contributed by atoms with Gasteiger partial charge in [0.25, 0.3) is 0 Å². The highest BCUT2D eigenvalue weighted by Crippen LogP contribution is 2.35. The highest BCUT2D eigenvalue weighted by molar-refractivity contribution is 7.80. The summed E-state index contributed by atoms with van der Waals surface area (Å²) < 4.78 is 13.5. The van der Waals surface area contributed by atoms with Crippen molar-refractivity contribution in [2.45, 2.75) is 38.6 Å². The number of carbonyl (C=O) groups excluding carboxylic acids is 1. The molecular weight excluding hydrogens is 527 g/mol. The van der Waals surface area contributed by atoms with Crippen LogP contribution in [-0.2, 0) is 18.4 Å². The van der Waals surface area contributed by atoms with Crippen LogP contribution in [0.15, 0.2) is 84.9 Å². The topological polar surface area (TPSA) is 32.3 Å². The van der Waals surface area contributed by atoms with Crippen LogP contribution in [0, 0.1) is 11.7 Å². The Morgan fingerprint density at radius 2 is 1.71 bits per heavy atom. The fourth-order valence-corrected chi connectivity index (χ4v) is 6.40. The predicted octanol–water partition coefficient (Wildman–Crippen LogP) is 6.30. The van der Waals surface area contributed by atoms with Crippen molar-refractivity contribution in [2.75, 3.05) is 11.9 Å². The number of carbonyl (C=O) groups is 1. The number of ketones is 1. The summed E-state index contributed by atoms with van der Waals surface area (Å²) in [5.74, 6) is -0.548. The number of fused-ring (bicyclic) bond motifs is 5. The number of hydrogen-bond donors (Lipinski definition) is 1. The maximum Gasteiger partial charge on any atom is 0.173 e. The Morgan fingerprint density at radius 3 is 2.46 bits per heavy atom. The van der Waals surface area contributed by atoms with E-state index >= 15 is 0 Å². The van der Waals surface area contributed by atoms with E-state index in [1.54, 1.807) is 12.1 Å². The summed E-state index contributed by atoms with van der Waals surface area (Å²) in [6.45, 7) is 5.10. The summed E-state index contributed by atoms with van der Waals surface area (Å²) in [6.07, 6.45) is 5.96. The van der Waals surface area contributed by atoms with Crippen molar-refractivity contribution in [3.05, 3.63) is 123 Å². The summed E-state index contributed by atoms with van der Waals surface area (Å²) in [7, 11) is 1.99. The number of thiocarbonyl (C=S) groups is 1. The first kappa shape index (κ1) is 27.1. The third kappa shape index (κ3) is 5.22. The molecule has 3 nitrogen and oxygen atoms in total. The van der Waals surface area contributed by atoms with E-state index in [4.69, 9.17) is 12.2 Å².